The quantitative estimate of drug-likeness (QED) is 0.574. The number of nitrogens with zero attached hydrogens (tertiary/aromatic N) is 1. The standard InChI is InChI=1S/C21H27ClN2O4S/c1-4-20(21(25)23-14-8-10-16-9-5-6-13-19(16)22)24(29(3,26)27)17-11-7-12-18(15-17)28-2/h5-7,9,11-13,15,20H,4,8,10,14H2,1-3H3,(H,23,25)/t20-/m0/s1. The number of sulfonamides is 1. The number of rotatable bonds is 10. The van der Waals surface area contributed by atoms with Gasteiger partial charge in [-0.1, -0.05) is 42.8 Å². The van der Waals surface area contributed by atoms with Crippen LogP contribution in [0.5, 0.6) is 5.75 Å². The molecular weight excluding hydrogens is 412 g/mol. The van der Waals surface area contributed by atoms with Gasteiger partial charge in [-0.05, 0) is 43.0 Å². The molecule has 2 rings (SSSR count). The predicted octanol–water partition coefficient (Wildman–Crippen LogP) is 3.64. The summed E-state index contributed by atoms with van der Waals surface area (Å²) >= 11 is 6.15. The van der Waals surface area contributed by atoms with Crippen LogP contribution in [0.4, 0.5) is 5.69 Å². The fraction of sp³-hybridized carbons (Fsp3) is 0.381. The first-order valence-electron chi connectivity index (χ1n) is 9.42. The molecule has 0 spiro atoms. The number of ether oxygens (including phenoxy) is 1. The highest BCUT2D eigenvalue weighted by atomic mass is 35.5. The number of benzene rings is 2. The lowest BCUT2D eigenvalue weighted by Crippen LogP contribution is -2.49. The molecule has 8 heteroatoms. The summed E-state index contributed by atoms with van der Waals surface area (Å²) in [5, 5.41) is 3.56. The van der Waals surface area contributed by atoms with E-state index >= 15 is 0 Å². The Hall–Kier alpha value is -2.25. The molecule has 1 amide bonds. The lowest BCUT2D eigenvalue weighted by molar-refractivity contribution is -0.122. The highest BCUT2D eigenvalue weighted by Gasteiger charge is 2.31. The van der Waals surface area contributed by atoms with E-state index in [1.165, 1.54) is 7.11 Å². The molecule has 0 aliphatic rings. The summed E-state index contributed by atoms with van der Waals surface area (Å²) in [4.78, 5) is 12.8. The average Bonchev–Trinajstić information content (AvgIpc) is 2.69. The average molecular weight is 439 g/mol. The number of nitrogens with one attached hydrogen (secondary N) is 1. The van der Waals surface area contributed by atoms with Crippen LogP contribution in [0, 0.1) is 0 Å². The fourth-order valence-electron chi connectivity index (χ4n) is 3.12. The Balaban J connectivity index is 2.09. The molecule has 2 aromatic carbocycles. The van der Waals surface area contributed by atoms with E-state index in [0.717, 1.165) is 22.5 Å². The third-order valence-electron chi connectivity index (χ3n) is 4.52. The lowest BCUT2D eigenvalue weighted by Gasteiger charge is -2.30. The predicted molar refractivity (Wildman–Crippen MR) is 117 cm³/mol. The Morgan fingerprint density at radius 3 is 2.55 bits per heavy atom. The number of methoxy groups -OCH3 is 1. The molecular formula is C21H27ClN2O4S. The zero-order chi connectivity index (χ0) is 21.4. The van der Waals surface area contributed by atoms with Crippen LogP contribution in [-0.2, 0) is 21.2 Å². The Kier molecular flexibility index (Phi) is 8.34. The number of anilines is 1. The van der Waals surface area contributed by atoms with Gasteiger partial charge in [-0.3, -0.25) is 9.10 Å². The third-order valence-corrected chi connectivity index (χ3v) is 6.07. The summed E-state index contributed by atoms with van der Waals surface area (Å²) in [7, 11) is -2.17. The maximum absolute atomic E-state index is 12.8. The molecule has 6 nitrogen and oxygen atoms in total. The van der Waals surface area contributed by atoms with Crippen LogP contribution in [0.2, 0.25) is 5.02 Å². The van der Waals surface area contributed by atoms with Crippen molar-refractivity contribution in [3.63, 3.8) is 0 Å². The second-order valence-corrected chi connectivity index (χ2v) is 8.94. The molecule has 0 unspecified atom stereocenters. The van der Waals surface area contributed by atoms with Gasteiger partial charge in [0.1, 0.15) is 11.8 Å². The molecule has 0 saturated carbocycles. The third kappa shape index (κ3) is 6.37. The second-order valence-electron chi connectivity index (χ2n) is 6.67. The molecule has 29 heavy (non-hydrogen) atoms. The molecule has 0 fully saturated rings. The molecule has 158 valence electrons. The van der Waals surface area contributed by atoms with E-state index in [2.05, 4.69) is 5.32 Å². The van der Waals surface area contributed by atoms with Crippen molar-refractivity contribution in [1.29, 1.82) is 0 Å². The molecule has 2 aromatic rings. The molecule has 1 N–H and O–H groups in total. The van der Waals surface area contributed by atoms with E-state index < -0.39 is 16.1 Å². The number of hydrogen-bond acceptors (Lipinski definition) is 4. The van der Waals surface area contributed by atoms with Crippen LogP contribution in [0.3, 0.4) is 0 Å². The minimum Gasteiger partial charge on any atom is -0.497 e. The van der Waals surface area contributed by atoms with Crippen LogP contribution >= 0.6 is 11.6 Å². The molecule has 0 aliphatic carbocycles. The van der Waals surface area contributed by atoms with Gasteiger partial charge >= 0.3 is 0 Å². The lowest BCUT2D eigenvalue weighted by atomic mass is 10.1. The highest BCUT2D eigenvalue weighted by Crippen LogP contribution is 2.26. The Morgan fingerprint density at radius 2 is 1.93 bits per heavy atom. The molecule has 0 radical (unpaired) electrons. The molecule has 0 aliphatic heterocycles. The van der Waals surface area contributed by atoms with Gasteiger partial charge in [-0.25, -0.2) is 8.42 Å². The van der Waals surface area contributed by atoms with Crippen molar-refractivity contribution in [2.24, 2.45) is 0 Å². The van der Waals surface area contributed by atoms with Crippen molar-refractivity contribution in [1.82, 2.24) is 5.32 Å². The number of hydrogen-bond donors (Lipinski definition) is 1. The van der Waals surface area contributed by atoms with Crippen molar-refractivity contribution in [2.75, 3.05) is 24.2 Å². The summed E-state index contributed by atoms with van der Waals surface area (Å²) in [6.45, 7) is 2.21. The second kappa shape index (κ2) is 10.5. The number of aryl methyl sites for hydroxylation is 1. The SMILES string of the molecule is CC[C@@H](C(=O)NCCCc1ccccc1Cl)N(c1cccc(OC)c1)S(C)(=O)=O. The number of carbonyl (C=O) groups excluding carboxylic acids is 1. The summed E-state index contributed by atoms with van der Waals surface area (Å²) in [5.74, 6) is 0.186. The summed E-state index contributed by atoms with van der Waals surface area (Å²) in [6.07, 6.45) is 2.85. The fourth-order valence-corrected chi connectivity index (χ4v) is 4.55. The zero-order valence-electron chi connectivity index (χ0n) is 16.9. The van der Waals surface area contributed by atoms with Crippen LogP contribution in [0.25, 0.3) is 0 Å². The molecule has 0 heterocycles. The first-order chi connectivity index (χ1) is 13.8. The normalized spacial score (nSPS) is 12.3. The topological polar surface area (TPSA) is 75.7 Å². The molecule has 0 aromatic heterocycles. The van der Waals surface area contributed by atoms with Crippen molar-refractivity contribution in [3.05, 3.63) is 59.1 Å². The van der Waals surface area contributed by atoms with E-state index in [1.54, 1.807) is 31.2 Å². The molecule has 1 atom stereocenters. The van der Waals surface area contributed by atoms with E-state index in [-0.39, 0.29) is 5.91 Å². The summed E-state index contributed by atoms with van der Waals surface area (Å²) < 4.78 is 31.3. The van der Waals surface area contributed by atoms with Gasteiger partial charge in [0.25, 0.3) is 0 Å². The molecule has 0 bridgehead atoms. The summed E-state index contributed by atoms with van der Waals surface area (Å²) in [6, 6.07) is 13.4. The Labute approximate surface area is 177 Å². The van der Waals surface area contributed by atoms with E-state index in [0.29, 0.717) is 35.8 Å². The minimum absolute atomic E-state index is 0.333. The monoisotopic (exact) mass is 438 g/mol. The van der Waals surface area contributed by atoms with E-state index in [9.17, 15) is 13.2 Å². The minimum atomic E-state index is -3.68. The van der Waals surface area contributed by atoms with Gasteiger partial charge in [0.2, 0.25) is 15.9 Å². The summed E-state index contributed by atoms with van der Waals surface area (Å²) in [5.41, 5.74) is 1.41. The first kappa shape index (κ1) is 23.0. The Morgan fingerprint density at radius 1 is 1.21 bits per heavy atom. The number of carbonyl (C=O) groups is 1. The van der Waals surface area contributed by atoms with Gasteiger partial charge in [-0.15, -0.1) is 0 Å². The van der Waals surface area contributed by atoms with Crippen LogP contribution in [0.1, 0.15) is 25.3 Å². The van der Waals surface area contributed by atoms with E-state index in [4.69, 9.17) is 16.3 Å². The smallest absolute Gasteiger partial charge is 0.243 e. The largest absolute Gasteiger partial charge is 0.497 e. The molecule has 0 saturated heterocycles. The van der Waals surface area contributed by atoms with Crippen molar-refractivity contribution >= 4 is 33.2 Å². The highest BCUT2D eigenvalue weighted by molar-refractivity contribution is 7.92. The van der Waals surface area contributed by atoms with Gasteiger partial charge in [-0.2, -0.15) is 0 Å². The van der Waals surface area contributed by atoms with Gasteiger partial charge in [0.15, 0.2) is 0 Å². The van der Waals surface area contributed by atoms with Crippen molar-refractivity contribution < 1.29 is 17.9 Å². The maximum atomic E-state index is 12.8. The van der Waals surface area contributed by atoms with Crippen LogP contribution in [-0.4, -0.2) is 40.3 Å². The van der Waals surface area contributed by atoms with E-state index in [1.807, 2.05) is 24.3 Å². The van der Waals surface area contributed by atoms with Crippen LogP contribution in [0.15, 0.2) is 48.5 Å². The maximum Gasteiger partial charge on any atom is 0.243 e. The van der Waals surface area contributed by atoms with Crippen LogP contribution < -0.4 is 14.4 Å². The van der Waals surface area contributed by atoms with Gasteiger partial charge in [0, 0.05) is 17.6 Å². The first-order valence-corrected chi connectivity index (χ1v) is 11.6. The Bertz CT molecular complexity index is 934. The van der Waals surface area contributed by atoms with Gasteiger partial charge < -0.3 is 10.1 Å². The van der Waals surface area contributed by atoms with Crippen molar-refractivity contribution in [3.8, 4) is 5.75 Å². The zero-order valence-corrected chi connectivity index (χ0v) is 18.5. The number of halogens is 1. The van der Waals surface area contributed by atoms with Gasteiger partial charge in [0.05, 0.1) is 19.1 Å². The van der Waals surface area contributed by atoms with Crippen molar-refractivity contribution in [2.45, 2.75) is 32.2 Å². The number of amides is 1.